The van der Waals surface area contributed by atoms with E-state index < -0.39 is 0 Å². The van der Waals surface area contributed by atoms with Crippen LogP contribution in [0.25, 0.3) is 0 Å². The number of hydrogen-bond donors (Lipinski definition) is 0. The zero-order chi connectivity index (χ0) is 4.83. The van der Waals surface area contributed by atoms with Crippen LogP contribution in [0, 0.1) is 0 Å². The smallest absolute Gasteiger partial charge is 0.177 e. The Morgan fingerprint density at radius 2 is 2.50 bits per heavy atom. The van der Waals surface area contributed by atoms with Gasteiger partial charge < -0.3 is 0 Å². The van der Waals surface area contributed by atoms with E-state index in [4.69, 9.17) is 0 Å². The van der Waals surface area contributed by atoms with Crippen LogP contribution in [0.5, 0.6) is 0 Å². The van der Waals surface area contributed by atoms with Gasteiger partial charge in [-0.25, -0.2) is 0 Å². The van der Waals surface area contributed by atoms with Crippen molar-refractivity contribution in [1.29, 1.82) is 0 Å². The van der Waals surface area contributed by atoms with Crippen molar-refractivity contribution in [1.82, 2.24) is 0 Å². The summed E-state index contributed by atoms with van der Waals surface area (Å²) in [6.45, 7) is 1.72. The molecule has 0 saturated heterocycles. The van der Waals surface area contributed by atoms with Gasteiger partial charge in [0.1, 0.15) is 0 Å². The molecule has 0 saturated carbocycles. The zero-order valence-corrected chi connectivity index (χ0v) is 3.44. The lowest BCUT2D eigenvalue weighted by atomic mass is 10.7. The maximum atomic E-state index is 10.5. The summed E-state index contributed by atoms with van der Waals surface area (Å²) in [5, 5.41) is 0. The van der Waals surface area contributed by atoms with Gasteiger partial charge in [0.2, 0.25) is 0 Å². The molecule has 0 aliphatic heterocycles. The van der Waals surface area contributed by atoms with E-state index in [1.807, 2.05) is 0 Å². The normalized spacial score (nSPS) is 5.67. The summed E-state index contributed by atoms with van der Waals surface area (Å²) in [6.07, 6.45) is 2.37. The third kappa shape index (κ3) is 3.25. The molecular weight excluding hydrogens is 83.0 g/mol. The van der Waals surface area contributed by atoms with Gasteiger partial charge in [-0.1, -0.05) is 5.73 Å². The van der Waals surface area contributed by atoms with Crippen molar-refractivity contribution >= 4 is 0 Å². The minimum Gasteiger partial charge on any atom is -0.294 e. The summed E-state index contributed by atoms with van der Waals surface area (Å²) < 4.78 is 10.5. The predicted molar refractivity (Wildman–Crippen MR) is 20.5 cm³/mol. The Hall–Kier alpha value is -0.750. The van der Waals surface area contributed by atoms with Crippen molar-refractivity contribution in [3.05, 3.63) is 18.1 Å². The van der Waals surface area contributed by atoms with Gasteiger partial charge >= 0.3 is 0 Å². The molecule has 6 heavy (non-hydrogen) atoms. The Morgan fingerprint density at radius 1 is 1.83 bits per heavy atom. The second kappa shape index (κ2) is 4.25. The third-order valence-corrected chi connectivity index (χ3v) is 0.279. The van der Waals surface area contributed by atoms with Crippen molar-refractivity contribution < 1.29 is 9.47 Å². The Bertz CT molecular complexity index is 71.6. The van der Waals surface area contributed by atoms with Crippen LogP contribution in [0.1, 0.15) is 6.92 Å². The first-order valence-electron chi connectivity index (χ1n) is 1.54. The van der Waals surface area contributed by atoms with Crippen LogP contribution in [-0.2, 0) is 4.94 Å². The molecule has 0 heterocycles. The van der Waals surface area contributed by atoms with E-state index in [-0.39, 0.29) is 0 Å². The van der Waals surface area contributed by atoms with Crippen LogP contribution >= 0.6 is 0 Å². The molecule has 2 heteroatoms. The summed E-state index contributed by atoms with van der Waals surface area (Å²) >= 11 is 0. The molecule has 34 valence electrons. The summed E-state index contributed by atoms with van der Waals surface area (Å²) in [5.41, 5.74) is 2.35. The van der Waals surface area contributed by atoms with Crippen LogP contribution in [0.2, 0.25) is 0 Å². The molecule has 0 aromatic carbocycles. The van der Waals surface area contributed by atoms with Crippen molar-refractivity contribution in [2.45, 2.75) is 6.92 Å². The number of rotatable bonds is 1. The Balaban J connectivity index is 3.18. The standard InChI is InChI=1S/C4H5FO/c1-2-3-4-6-5/h2,4H,1H3. The largest absolute Gasteiger partial charge is 0.294 e. The molecule has 0 N–H and O–H groups in total. The number of allylic oxidation sites excluding steroid dienone is 1. The maximum Gasteiger partial charge on any atom is 0.177 e. The molecule has 0 aromatic rings. The van der Waals surface area contributed by atoms with Gasteiger partial charge in [0.25, 0.3) is 0 Å². The molecule has 0 fully saturated rings. The molecule has 0 atom stereocenters. The molecule has 0 aliphatic carbocycles. The van der Waals surface area contributed by atoms with E-state index in [0.29, 0.717) is 0 Å². The first-order chi connectivity index (χ1) is 2.91. The van der Waals surface area contributed by atoms with E-state index in [9.17, 15) is 4.53 Å². The van der Waals surface area contributed by atoms with Crippen LogP contribution < -0.4 is 0 Å². The first kappa shape index (κ1) is 5.25. The summed E-state index contributed by atoms with van der Waals surface area (Å²) in [4.78, 5) is 3.01. The highest BCUT2D eigenvalue weighted by atomic mass is 19.3. The molecule has 0 aliphatic rings. The van der Waals surface area contributed by atoms with Crippen molar-refractivity contribution in [3.63, 3.8) is 0 Å². The maximum absolute atomic E-state index is 10.5. The highest BCUT2D eigenvalue weighted by Crippen LogP contribution is 1.70. The predicted octanol–water partition coefficient (Wildman–Crippen LogP) is 1.58. The van der Waals surface area contributed by atoms with Crippen LogP contribution in [-0.4, -0.2) is 0 Å². The van der Waals surface area contributed by atoms with Crippen molar-refractivity contribution in [2.24, 2.45) is 0 Å². The molecular formula is C4H5FO. The summed E-state index contributed by atoms with van der Waals surface area (Å²) in [5.74, 6) is 0. The quantitative estimate of drug-likeness (QED) is 0.349. The average Bonchev–Trinajstić information content (AvgIpc) is 1.61. The van der Waals surface area contributed by atoms with Crippen LogP contribution in [0.15, 0.2) is 18.1 Å². The minimum atomic E-state index is 0.833. The van der Waals surface area contributed by atoms with E-state index in [0.717, 1.165) is 6.26 Å². The lowest BCUT2D eigenvalue weighted by Crippen LogP contribution is -1.46. The number of halogens is 1. The van der Waals surface area contributed by atoms with Gasteiger partial charge in [-0.05, 0) is 13.0 Å². The van der Waals surface area contributed by atoms with Gasteiger partial charge in [-0.2, -0.15) is 0 Å². The molecule has 0 amide bonds. The van der Waals surface area contributed by atoms with E-state index in [2.05, 4.69) is 10.7 Å². The second-order valence-electron chi connectivity index (χ2n) is 0.662. The zero-order valence-electron chi connectivity index (χ0n) is 3.44. The summed E-state index contributed by atoms with van der Waals surface area (Å²) in [6, 6.07) is 0. The fourth-order valence-corrected chi connectivity index (χ4v) is 0.0938. The highest BCUT2D eigenvalue weighted by molar-refractivity contribution is 4.72. The molecule has 0 spiro atoms. The highest BCUT2D eigenvalue weighted by Gasteiger charge is 1.52. The monoisotopic (exact) mass is 88.0 g/mol. The average molecular weight is 88.1 g/mol. The second-order valence-corrected chi connectivity index (χ2v) is 0.662. The first-order valence-corrected chi connectivity index (χ1v) is 1.54. The van der Waals surface area contributed by atoms with Crippen LogP contribution in [0.4, 0.5) is 4.53 Å². The minimum absolute atomic E-state index is 0.833. The Morgan fingerprint density at radius 3 is 2.67 bits per heavy atom. The van der Waals surface area contributed by atoms with Gasteiger partial charge in [0.05, 0.1) is 0 Å². The molecule has 0 radical (unpaired) electrons. The van der Waals surface area contributed by atoms with E-state index >= 15 is 0 Å². The van der Waals surface area contributed by atoms with Gasteiger partial charge in [-0.3, -0.25) is 4.94 Å². The lowest BCUT2D eigenvalue weighted by Gasteiger charge is -1.64. The molecule has 0 aromatic heterocycles. The van der Waals surface area contributed by atoms with E-state index in [1.165, 1.54) is 0 Å². The Labute approximate surface area is 35.6 Å². The summed E-state index contributed by atoms with van der Waals surface area (Å²) in [7, 11) is 0. The van der Waals surface area contributed by atoms with Crippen molar-refractivity contribution in [2.75, 3.05) is 0 Å². The SMILES string of the molecule is CC=C=COF. The van der Waals surface area contributed by atoms with E-state index in [1.54, 1.807) is 13.0 Å². The number of hydrogen-bond acceptors (Lipinski definition) is 1. The molecule has 1 nitrogen and oxygen atoms in total. The van der Waals surface area contributed by atoms with Gasteiger partial charge in [0, 0.05) is 4.53 Å². The van der Waals surface area contributed by atoms with Crippen molar-refractivity contribution in [3.8, 4) is 0 Å². The van der Waals surface area contributed by atoms with Crippen LogP contribution in [0.3, 0.4) is 0 Å². The third-order valence-electron chi connectivity index (χ3n) is 0.279. The topological polar surface area (TPSA) is 9.23 Å². The van der Waals surface area contributed by atoms with Gasteiger partial charge in [-0.15, -0.1) is 0 Å². The fourth-order valence-electron chi connectivity index (χ4n) is 0.0938. The molecule has 0 unspecified atom stereocenters. The lowest BCUT2D eigenvalue weighted by molar-refractivity contribution is -0.0614. The Kier molecular flexibility index (Phi) is 3.72. The fraction of sp³-hybridized carbons (Fsp3) is 0.250. The molecule has 0 bridgehead atoms. The molecule has 0 rings (SSSR count). The van der Waals surface area contributed by atoms with Gasteiger partial charge in [0.15, 0.2) is 6.26 Å².